The molecule has 2 unspecified atom stereocenters. The smallest absolute Gasteiger partial charge is 0.133 e. The molecule has 0 saturated carbocycles. The van der Waals surface area contributed by atoms with Gasteiger partial charge in [0.05, 0.1) is 21.2 Å². The zero-order valence-corrected chi connectivity index (χ0v) is 21.6. The van der Waals surface area contributed by atoms with Gasteiger partial charge in [-0.05, 0) is 93.6 Å². The van der Waals surface area contributed by atoms with Crippen LogP contribution in [0.2, 0.25) is 0 Å². The first-order valence-electron chi connectivity index (χ1n) is 10.5. The zero-order valence-electron chi connectivity index (χ0n) is 18.4. The van der Waals surface area contributed by atoms with Crippen molar-refractivity contribution in [1.29, 1.82) is 0 Å². The molecule has 3 rings (SSSR count). The van der Waals surface area contributed by atoms with E-state index in [1.807, 2.05) is 30.3 Å². The van der Waals surface area contributed by atoms with Crippen LogP contribution in [0.4, 0.5) is 0 Å². The normalized spacial score (nSPS) is 15.0. The lowest BCUT2D eigenvalue weighted by Gasteiger charge is -2.32. The summed E-state index contributed by atoms with van der Waals surface area (Å²) < 4.78 is 13.1. The third-order valence-electron chi connectivity index (χ3n) is 5.33. The fourth-order valence-electron chi connectivity index (χ4n) is 3.55. The molecule has 0 spiro atoms. The van der Waals surface area contributed by atoms with E-state index in [-0.39, 0.29) is 13.2 Å². The number of ether oxygens (including phenoxy) is 2. The first-order chi connectivity index (χ1) is 15.2. The van der Waals surface area contributed by atoms with Gasteiger partial charge in [0.15, 0.2) is 0 Å². The van der Waals surface area contributed by atoms with Gasteiger partial charge in [-0.15, -0.1) is 0 Å². The molecule has 0 aliphatic heterocycles. The lowest BCUT2D eigenvalue weighted by atomic mass is 9.71. The van der Waals surface area contributed by atoms with Crippen LogP contribution in [0, 0.1) is 0 Å². The molecule has 0 aliphatic carbocycles. The second-order valence-electron chi connectivity index (χ2n) is 8.10. The summed E-state index contributed by atoms with van der Waals surface area (Å²) in [6, 6.07) is 22.4. The Kier molecular flexibility index (Phi) is 8.39. The Balaban J connectivity index is 2.05. The van der Waals surface area contributed by atoms with Gasteiger partial charge in [0, 0.05) is 5.41 Å². The van der Waals surface area contributed by atoms with E-state index in [4.69, 9.17) is 9.47 Å². The van der Waals surface area contributed by atoms with Crippen molar-refractivity contribution < 1.29 is 19.7 Å². The molecular weight excluding hydrogens is 536 g/mol. The zero-order chi connectivity index (χ0) is 23.3. The van der Waals surface area contributed by atoms with E-state index in [0.29, 0.717) is 11.5 Å². The molecule has 3 aromatic carbocycles. The average Bonchev–Trinajstić information content (AvgIpc) is 2.77. The molecule has 0 bridgehead atoms. The van der Waals surface area contributed by atoms with Crippen LogP contribution in [0.1, 0.15) is 37.5 Å². The number of rotatable bonds is 9. The highest BCUT2D eigenvalue weighted by Gasteiger charge is 2.32. The van der Waals surface area contributed by atoms with E-state index >= 15 is 0 Å². The highest BCUT2D eigenvalue weighted by molar-refractivity contribution is 9.10. The Morgan fingerprint density at radius 3 is 1.53 bits per heavy atom. The molecule has 0 aliphatic rings. The van der Waals surface area contributed by atoms with Gasteiger partial charge in [0.1, 0.15) is 24.7 Å². The summed E-state index contributed by atoms with van der Waals surface area (Å²) in [7, 11) is 0. The van der Waals surface area contributed by atoms with E-state index in [1.54, 1.807) is 13.8 Å². The standard InChI is InChI=1S/C26H28Br2O4/c1-17(29)15-31-24-11-9-20(13-22(24)27)26(3,19-7-5-4-6-8-19)21-10-12-25(23(28)14-21)32-16-18(2)30/h4-14,17-18,29-30H,15-16H2,1-3H3. The Labute approximate surface area is 206 Å². The summed E-state index contributed by atoms with van der Waals surface area (Å²) in [6.07, 6.45) is -1.08. The fourth-order valence-corrected chi connectivity index (χ4v) is 4.54. The largest absolute Gasteiger partial charge is 0.490 e. The topological polar surface area (TPSA) is 58.9 Å². The van der Waals surface area contributed by atoms with Gasteiger partial charge in [0.2, 0.25) is 0 Å². The van der Waals surface area contributed by atoms with Crippen molar-refractivity contribution in [3.05, 3.63) is 92.4 Å². The summed E-state index contributed by atoms with van der Waals surface area (Å²) in [5.41, 5.74) is 2.88. The number of aliphatic hydroxyl groups is 2. The molecule has 0 aromatic heterocycles. The predicted molar refractivity (Wildman–Crippen MR) is 135 cm³/mol. The average molecular weight is 564 g/mol. The highest BCUT2D eigenvalue weighted by atomic mass is 79.9. The predicted octanol–water partition coefficient (Wildman–Crippen LogP) is 6.09. The molecule has 6 heteroatoms. The van der Waals surface area contributed by atoms with Crippen LogP contribution in [0.25, 0.3) is 0 Å². The molecule has 0 saturated heterocycles. The lowest BCUT2D eigenvalue weighted by Crippen LogP contribution is -2.25. The van der Waals surface area contributed by atoms with Crippen molar-refractivity contribution in [3.63, 3.8) is 0 Å². The molecule has 0 heterocycles. The van der Waals surface area contributed by atoms with Crippen LogP contribution in [-0.2, 0) is 5.41 Å². The molecule has 32 heavy (non-hydrogen) atoms. The van der Waals surface area contributed by atoms with Crippen LogP contribution in [0.5, 0.6) is 11.5 Å². The van der Waals surface area contributed by atoms with Crippen LogP contribution in [0.3, 0.4) is 0 Å². The van der Waals surface area contributed by atoms with Gasteiger partial charge in [-0.1, -0.05) is 42.5 Å². The summed E-state index contributed by atoms with van der Waals surface area (Å²) in [5, 5.41) is 19.1. The minimum atomic E-state index is -0.539. The molecule has 3 aromatic rings. The number of hydrogen-bond donors (Lipinski definition) is 2. The SMILES string of the molecule is CC(O)COc1ccc(C(C)(c2ccccc2)c2ccc(OCC(C)O)c(Br)c2)cc1Br. The quantitative estimate of drug-likeness (QED) is 0.309. The number of halogens is 2. The van der Waals surface area contributed by atoms with Crippen molar-refractivity contribution in [2.75, 3.05) is 13.2 Å². The summed E-state index contributed by atoms with van der Waals surface area (Å²) in [5.74, 6) is 1.38. The highest BCUT2D eigenvalue weighted by Crippen LogP contribution is 2.43. The lowest BCUT2D eigenvalue weighted by molar-refractivity contribution is 0.122. The first kappa shape index (κ1) is 24.8. The van der Waals surface area contributed by atoms with E-state index in [9.17, 15) is 10.2 Å². The maximum atomic E-state index is 9.53. The van der Waals surface area contributed by atoms with E-state index in [0.717, 1.165) is 25.6 Å². The number of hydrogen-bond acceptors (Lipinski definition) is 4. The van der Waals surface area contributed by atoms with Crippen LogP contribution in [0.15, 0.2) is 75.7 Å². The third kappa shape index (κ3) is 5.73. The number of benzene rings is 3. The maximum Gasteiger partial charge on any atom is 0.133 e. The number of aliphatic hydroxyl groups excluding tert-OH is 2. The van der Waals surface area contributed by atoms with Crippen molar-refractivity contribution >= 4 is 31.9 Å². The Bertz CT molecular complexity index is 974. The van der Waals surface area contributed by atoms with Crippen LogP contribution < -0.4 is 9.47 Å². The Morgan fingerprint density at radius 2 is 1.16 bits per heavy atom. The fraction of sp³-hybridized carbons (Fsp3) is 0.308. The second kappa shape index (κ2) is 10.8. The van der Waals surface area contributed by atoms with E-state index < -0.39 is 17.6 Å². The van der Waals surface area contributed by atoms with Gasteiger partial charge in [0.25, 0.3) is 0 Å². The van der Waals surface area contributed by atoms with Gasteiger partial charge < -0.3 is 19.7 Å². The van der Waals surface area contributed by atoms with Crippen molar-refractivity contribution in [2.45, 2.75) is 38.4 Å². The van der Waals surface area contributed by atoms with Crippen molar-refractivity contribution in [3.8, 4) is 11.5 Å². The van der Waals surface area contributed by atoms with Crippen molar-refractivity contribution in [1.82, 2.24) is 0 Å². The van der Waals surface area contributed by atoms with Crippen LogP contribution in [-0.4, -0.2) is 35.6 Å². The molecule has 4 nitrogen and oxygen atoms in total. The van der Waals surface area contributed by atoms with Gasteiger partial charge >= 0.3 is 0 Å². The maximum absolute atomic E-state index is 9.53. The van der Waals surface area contributed by atoms with Gasteiger partial charge in [-0.25, -0.2) is 0 Å². The molecule has 170 valence electrons. The third-order valence-corrected chi connectivity index (χ3v) is 6.57. The summed E-state index contributed by atoms with van der Waals surface area (Å²) in [6.45, 7) is 6.05. The Hall–Kier alpha value is -1.86. The summed E-state index contributed by atoms with van der Waals surface area (Å²) >= 11 is 7.27. The minimum absolute atomic E-state index is 0.231. The Morgan fingerprint density at radius 1 is 0.719 bits per heavy atom. The van der Waals surface area contributed by atoms with Crippen molar-refractivity contribution in [2.24, 2.45) is 0 Å². The molecule has 2 atom stereocenters. The first-order valence-corrected chi connectivity index (χ1v) is 12.1. The van der Waals surface area contributed by atoms with E-state index in [1.165, 1.54) is 0 Å². The monoisotopic (exact) mass is 562 g/mol. The van der Waals surface area contributed by atoms with E-state index in [2.05, 4.69) is 75.2 Å². The second-order valence-corrected chi connectivity index (χ2v) is 9.81. The minimum Gasteiger partial charge on any atom is -0.490 e. The molecule has 0 radical (unpaired) electrons. The molecule has 0 fully saturated rings. The molecular formula is C26H28Br2O4. The van der Waals surface area contributed by atoms with Gasteiger partial charge in [-0.3, -0.25) is 0 Å². The van der Waals surface area contributed by atoms with Crippen LogP contribution >= 0.6 is 31.9 Å². The molecule has 0 amide bonds. The van der Waals surface area contributed by atoms with Gasteiger partial charge in [-0.2, -0.15) is 0 Å². The summed E-state index contributed by atoms with van der Waals surface area (Å²) in [4.78, 5) is 0. The molecule has 2 N–H and O–H groups in total.